The molecule has 0 atom stereocenters. The van der Waals surface area contributed by atoms with E-state index in [9.17, 15) is 74.3 Å². The molecule has 1 heterocycles. The Morgan fingerprint density at radius 1 is 0.403 bits per heavy atom. The molecular formula is C42H24F15NO2SSi. The predicted molar refractivity (Wildman–Crippen MR) is 200 cm³/mol. The molecule has 1 aliphatic heterocycles. The first-order chi connectivity index (χ1) is 28.5. The zero-order chi connectivity index (χ0) is 45.6. The van der Waals surface area contributed by atoms with Crippen molar-refractivity contribution in [2.45, 2.75) is 47.6 Å². The van der Waals surface area contributed by atoms with Crippen LogP contribution in [0, 0.1) is 6.92 Å². The van der Waals surface area contributed by atoms with E-state index in [0.717, 1.165) is 37.3 Å². The number of fused-ring (bicyclic) bond motifs is 2. The normalized spacial score (nSPS) is 14.7. The minimum atomic E-state index is -5.74. The van der Waals surface area contributed by atoms with Crippen LogP contribution in [0.3, 0.4) is 0 Å². The van der Waals surface area contributed by atoms with Gasteiger partial charge in [0, 0.05) is 5.69 Å². The summed E-state index contributed by atoms with van der Waals surface area (Å²) >= 11 is 0. The number of alkyl halides is 15. The van der Waals surface area contributed by atoms with Gasteiger partial charge in [0.25, 0.3) is 0 Å². The summed E-state index contributed by atoms with van der Waals surface area (Å²) in [5, 5.41) is -3.71. The maximum absolute atomic E-state index is 14.6. The molecule has 0 spiro atoms. The van der Waals surface area contributed by atoms with Crippen molar-refractivity contribution < 1.29 is 74.3 Å². The van der Waals surface area contributed by atoms with Crippen LogP contribution < -0.4 is 25.6 Å². The second-order valence-electron chi connectivity index (χ2n) is 14.2. The first kappa shape index (κ1) is 44.3. The van der Waals surface area contributed by atoms with Gasteiger partial charge in [0.2, 0.25) is 9.84 Å². The average molecular weight is 920 g/mol. The SMILES string of the molecule is Cc1cc(C(F)(F)F)cc([Si](c2ccc(N3c4ccccc4S(=O)(=O)c4ccccc43)cc2)(c2cc(C(F)(F)F)cc(C(F)(F)F)c2)c2cc(C(F)(F)F)cc(C(F)(F)F)c2)c1. The van der Waals surface area contributed by atoms with Crippen LogP contribution in [-0.4, -0.2) is 16.5 Å². The Kier molecular flexibility index (Phi) is 10.5. The minimum Gasteiger partial charge on any atom is -0.308 e. The lowest BCUT2D eigenvalue weighted by Crippen LogP contribution is -2.75. The molecule has 0 aliphatic carbocycles. The van der Waals surface area contributed by atoms with Crippen molar-refractivity contribution in [1.82, 2.24) is 0 Å². The molecule has 0 fully saturated rings. The Morgan fingerprint density at radius 2 is 0.726 bits per heavy atom. The third-order valence-corrected chi connectivity index (χ3v) is 16.7. The highest BCUT2D eigenvalue weighted by molar-refractivity contribution is 7.92. The fourth-order valence-electron chi connectivity index (χ4n) is 7.63. The van der Waals surface area contributed by atoms with E-state index < -0.39 is 97.4 Å². The van der Waals surface area contributed by atoms with Crippen molar-refractivity contribution in [3.8, 4) is 0 Å². The van der Waals surface area contributed by atoms with Gasteiger partial charge in [0.15, 0.2) is 8.07 Å². The Hall–Kier alpha value is -5.76. The van der Waals surface area contributed by atoms with Gasteiger partial charge >= 0.3 is 30.9 Å². The van der Waals surface area contributed by atoms with Crippen molar-refractivity contribution in [2.24, 2.45) is 0 Å². The van der Waals surface area contributed by atoms with E-state index in [1.807, 2.05) is 0 Å². The summed E-state index contributed by atoms with van der Waals surface area (Å²) in [7, 11) is -9.90. The van der Waals surface area contributed by atoms with Crippen LogP contribution in [0.25, 0.3) is 0 Å². The molecule has 0 amide bonds. The van der Waals surface area contributed by atoms with Crippen LogP contribution in [-0.2, 0) is 40.7 Å². The van der Waals surface area contributed by atoms with E-state index >= 15 is 0 Å². The van der Waals surface area contributed by atoms with E-state index in [2.05, 4.69) is 0 Å². The fraction of sp³-hybridized carbons (Fsp3) is 0.143. The zero-order valence-electron chi connectivity index (χ0n) is 31.0. The van der Waals surface area contributed by atoms with E-state index in [1.165, 1.54) is 53.4 Å². The molecule has 20 heteroatoms. The molecule has 0 saturated carbocycles. The number of nitrogens with zero attached hydrogens (tertiary/aromatic N) is 1. The van der Waals surface area contributed by atoms with Crippen LogP contribution in [0.5, 0.6) is 0 Å². The lowest BCUT2D eigenvalue weighted by molar-refractivity contribution is -0.144. The summed E-state index contributed by atoms with van der Waals surface area (Å²) in [6.45, 7) is 1.04. The second kappa shape index (κ2) is 14.7. The molecule has 62 heavy (non-hydrogen) atoms. The van der Waals surface area contributed by atoms with Crippen LogP contribution in [0.1, 0.15) is 33.4 Å². The Bertz CT molecular complexity index is 2630. The monoisotopic (exact) mass is 919 g/mol. The molecule has 7 rings (SSSR count). The third-order valence-electron chi connectivity index (χ3n) is 10.2. The van der Waals surface area contributed by atoms with E-state index in [1.54, 1.807) is 0 Å². The van der Waals surface area contributed by atoms with Gasteiger partial charge in [-0.3, -0.25) is 0 Å². The first-order valence-electron chi connectivity index (χ1n) is 17.7. The Labute approximate surface area is 342 Å². The maximum Gasteiger partial charge on any atom is 0.416 e. The largest absolute Gasteiger partial charge is 0.416 e. The van der Waals surface area contributed by atoms with E-state index in [4.69, 9.17) is 0 Å². The number of anilines is 3. The van der Waals surface area contributed by atoms with Gasteiger partial charge in [-0.15, -0.1) is 0 Å². The number of hydrogen-bond donors (Lipinski definition) is 0. The molecular weight excluding hydrogens is 896 g/mol. The Morgan fingerprint density at radius 3 is 1.08 bits per heavy atom. The lowest BCUT2D eigenvalue weighted by atomic mass is 10.1. The average Bonchev–Trinajstić information content (AvgIpc) is 3.17. The van der Waals surface area contributed by atoms with Crippen molar-refractivity contribution in [2.75, 3.05) is 4.90 Å². The summed E-state index contributed by atoms with van der Waals surface area (Å²) in [6.07, 6.45) is -27.8. The molecule has 324 valence electrons. The van der Waals surface area contributed by atoms with Crippen molar-refractivity contribution in [3.63, 3.8) is 0 Å². The Balaban J connectivity index is 1.67. The van der Waals surface area contributed by atoms with Gasteiger partial charge in [0.05, 0.1) is 49.0 Å². The molecule has 0 radical (unpaired) electrons. The van der Waals surface area contributed by atoms with Gasteiger partial charge in [-0.1, -0.05) is 48.0 Å². The highest BCUT2D eigenvalue weighted by Gasteiger charge is 2.49. The molecule has 0 unspecified atom stereocenters. The van der Waals surface area contributed by atoms with E-state index in [-0.39, 0.29) is 74.9 Å². The highest BCUT2D eigenvalue weighted by atomic mass is 32.2. The second-order valence-corrected chi connectivity index (χ2v) is 19.9. The smallest absolute Gasteiger partial charge is 0.308 e. The van der Waals surface area contributed by atoms with Crippen LogP contribution in [0.2, 0.25) is 0 Å². The number of hydrogen-bond acceptors (Lipinski definition) is 3. The standard InChI is InChI=1S/C42H24F15NO2SSi/c1-23-14-24(38(43,44)45)18-31(15-23)62(32-19-25(39(46,47)48)16-26(20-32)40(49,50)51,33-21-27(41(52,53)54)17-28(22-33)42(55,56)57)30-12-10-29(11-13-30)58-34-6-2-4-8-36(34)61(59,60)37-9-5-3-7-35(37)58/h2-22H,1H3. The fourth-order valence-corrected chi connectivity index (χ4v) is 14.2. The maximum atomic E-state index is 14.6. The van der Waals surface area contributed by atoms with Crippen LogP contribution in [0.15, 0.2) is 137 Å². The van der Waals surface area contributed by atoms with Crippen LogP contribution >= 0.6 is 0 Å². The number of benzene rings is 6. The van der Waals surface area contributed by atoms with Gasteiger partial charge in [-0.05, 0) is 113 Å². The number of para-hydroxylation sites is 2. The van der Waals surface area contributed by atoms with Gasteiger partial charge in [-0.25, -0.2) is 8.42 Å². The molecule has 6 aromatic carbocycles. The summed E-state index contributed by atoms with van der Waals surface area (Å²) in [6, 6.07) is 16.6. The van der Waals surface area contributed by atoms with Crippen molar-refractivity contribution in [3.05, 3.63) is 161 Å². The molecule has 6 aromatic rings. The number of rotatable bonds is 5. The molecule has 0 bridgehead atoms. The van der Waals surface area contributed by atoms with Gasteiger partial charge in [0.1, 0.15) is 0 Å². The number of halogens is 15. The molecule has 3 nitrogen and oxygen atoms in total. The quantitative estimate of drug-likeness (QED) is 0.0981. The summed E-state index contributed by atoms with van der Waals surface area (Å²) in [5.41, 5.74) is -10.0. The molecule has 1 aliphatic rings. The molecule has 0 saturated heterocycles. The first-order valence-corrected chi connectivity index (χ1v) is 21.2. The lowest BCUT2D eigenvalue weighted by Gasteiger charge is -2.37. The predicted octanol–water partition coefficient (Wildman–Crippen LogP) is 11.1. The summed E-state index contributed by atoms with van der Waals surface area (Å²) < 4.78 is 246. The number of sulfone groups is 1. The van der Waals surface area contributed by atoms with Crippen molar-refractivity contribution in [1.29, 1.82) is 0 Å². The summed E-state index contributed by atoms with van der Waals surface area (Å²) in [4.78, 5) is 0.960. The highest BCUT2D eigenvalue weighted by Crippen LogP contribution is 2.48. The third kappa shape index (κ3) is 7.82. The summed E-state index contributed by atoms with van der Waals surface area (Å²) in [5.74, 6) is 0. The number of aryl methyl sites for hydroxylation is 1. The van der Waals surface area contributed by atoms with Crippen LogP contribution in [0.4, 0.5) is 82.9 Å². The zero-order valence-corrected chi connectivity index (χ0v) is 32.8. The minimum absolute atomic E-state index is 0.0201. The van der Waals surface area contributed by atoms with E-state index in [0.29, 0.717) is 6.07 Å². The topological polar surface area (TPSA) is 37.4 Å². The molecule has 0 aromatic heterocycles. The van der Waals surface area contributed by atoms with Crippen molar-refractivity contribution >= 4 is 55.7 Å². The van der Waals surface area contributed by atoms with Gasteiger partial charge < -0.3 is 4.90 Å². The van der Waals surface area contributed by atoms with Gasteiger partial charge in [-0.2, -0.15) is 65.9 Å². The molecule has 0 N–H and O–H groups in total.